The summed E-state index contributed by atoms with van der Waals surface area (Å²) >= 11 is 0. The van der Waals surface area contributed by atoms with Crippen molar-refractivity contribution in [2.45, 2.75) is 31.7 Å². The maximum Gasteiger partial charge on any atom is 0.270 e. The number of aromatic nitrogens is 4. The van der Waals surface area contributed by atoms with Crippen molar-refractivity contribution in [1.82, 2.24) is 24.4 Å². The minimum absolute atomic E-state index is 0.0267. The third kappa shape index (κ3) is 3.60. The largest absolute Gasteiger partial charge is 0.355 e. The number of pyridine rings is 1. The van der Waals surface area contributed by atoms with Crippen molar-refractivity contribution in [3.8, 4) is 0 Å². The number of Topliss-reactive ketones (excluding diaryl/α,β-unsaturated/α-hetero) is 1. The number of amides is 1. The maximum atomic E-state index is 12.8. The summed E-state index contributed by atoms with van der Waals surface area (Å²) in [5.74, 6) is 1.27. The fourth-order valence-corrected chi connectivity index (χ4v) is 4.32. The summed E-state index contributed by atoms with van der Waals surface area (Å²) in [6, 6.07) is 5.94. The molecular weight excluding hydrogens is 394 g/mol. The van der Waals surface area contributed by atoms with Crippen LogP contribution < -0.4 is 10.2 Å². The Bertz CT molecular complexity index is 1140. The van der Waals surface area contributed by atoms with Crippen LogP contribution in [0, 0.1) is 0 Å². The van der Waals surface area contributed by atoms with Crippen LogP contribution in [-0.4, -0.2) is 63.3 Å². The van der Waals surface area contributed by atoms with E-state index in [4.69, 9.17) is 4.98 Å². The third-order valence-corrected chi connectivity index (χ3v) is 5.98. The number of nitrogens with zero attached hydrogens (tertiary/aromatic N) is 6. The molecular formula is C22H25N7O2. The Kier molecular flexibility index (Phi) is 4.80. The van der Waals surface area contributed by atoms with E-state index in [0.717, 1.165) is 42.4 Å². The van der Waals surface area contributed by atoms with Crippen LogP contribution in [0.5, 0.6) is 0 Å². The highest BCUT2D eigenvalue weighted by Gasteiger charge is 2.27. The highest BCUT2D eigenvalue weighted by atomic mass is 16.2. The van der Waals surface area contributed by atoms with Gasteiger partial charge in [0.25, 0.3) is 5.91 Å². The predicted molar refractivity (Wildman–Crippen MR) is 118 cm³/mol. The summed E-state index contributed by atoms with van der Waals surface area (Å²) in [7, 11) is 3.53. The molecule has 0 atom stereocenters. The Morgan fingerprint density at radius 3 is 2.55 bits per heavy atom. The van der Waals surface area contributed by atoms with Crippen LogP contribution in [0.4, 0.5) is 17.5 Å². The topological polar surface area (TPSA) is 96.2 Å². The van der Waals surface area contributed by atoms with Gasteiger partial charge < -0.3 is 19.7 Å². The summed E-state index contributed by atoms with van der Waals surface area (Å²) in [4.78, 5) is 41.2. The molecule has 0 spiro atoms. The number of fused-ring (bicyclic) bond motifs is 1. The molecule has 0 radical (unpaired) electrons. The first-order valence-corrected chi connectivity index (χ1v) is 10.6. The lowest BCUT2D eigenvalue weighted by molar-refractivity contribution is -0.119. The molecule has 3 aromatic rings. The first-order chi connectivity index (χ1) is 15.0. The lowest BCUT2D eigenvalue weighted by Gasteiger charge is -2.31. The van der Waals surface area contributed by atoms with Crippen LogP contribution in [0.15, 0.2) is 30.6 Å². The molecule has 160 valence electrons. The minimum atomic E-state index is -0.0267. The Morgan fingerprint density at radius 2 is 1.90 bits per heavy atom. The number of carbonyl (C=O) groups excluding carboxylic acids is 2. The van der Waals surface area contributed by atoms with Crippen LogP contribution in [-0.2, 0) is 4.79 Å². The van der Waals surface area contributed by atoms with Crippen LogP contribution in [0.2, 0.25) is 0 Å². The first-order valence-electron chi connectivity index (χ1n) is 10.6. The van der Waals surface area contributed by atoms with Crippen LogP contribution in [0.3, 0.4) is 0 Å². The van der Waals surface area contributed by atoms with Gasteiger partial charge in [-0.15, -0.1) is 0 Å². The van der Waals surface area contributed by atoms with Gasteiger partial charge in [0.15, 0.2) is 5.78 Å². The van der Waals surface area contributed by atoms with E-state index in [1.54, 1.807) is 31.4 Å². The highest BCUT2D eigenvalue weighted by Crippen LogP contribution is 2.35. The number of nitrogens with one attached hydrogen (secondary N) is 1. The molecule has 1 saturated carbocycles. The van der Waals surface area contributed by atoms with E-state index in [1.165, 1.54) is 0 Å². The summed E-state index contributed by atoms with van der Waals surface area (Å²) in [6.45, 7) is 0.890. The van der Waals surface area contributed by atoms with Crippen molar-refractivity contribution in [1.29, 1.82) is 0 Å². The van der Waals surface area contributed by atoms with Crippen molar-refractivity contribution in [3.05, 3.63) is 36.3 Å². The van der Waals surface area contributed by atoms with E-state index in [9.17, 15) is 9.59 Å². The molecule has 1 aliphatic heterocycles. The van der Waals surface area contributed by atoms with Gasteiger partial charge in [-0.3, -0.25) is 9.59 Å². The second-order valence-electron chi connectivity index (χ2n) is 8.43. The molecule has 2 aliphatic rings. The Hall–Kier alpha value is -3.49. The summed E-state index contributed by atoms with van der Waals surface area (Å²) in [5, 5.41) is 4.01. The average molecular weight is 419 g/mol. The molecule has 5 rings (SSSR count). The second kappa shape index (κ2) is 7.64. The number of anilines is 3. The van der Waals surface area contributed by atoms with Gasteiger partial charge in [-0.1, -0.05) is 12.8 Å². The van der Waals surface area contributed by atoms with Crippen LogP contribution in [0.1, 0.15) is 42.2 Å². The van der Waals surface area contributed by atoms with Gasteiger partial charge in [0, 0.05) is 31.7 Å². The van der Waals surface area contributed by atoms with Gasteiger partial charge in [0.05, 0.1) is 25.0 Å². The average Bonchev–Trinajstić information content (AvgIpc) is 3.38. The standard InChI is InChI=1S/C22H25N7O2/c1-27(2)21(31)18-9-14-10-24-22(26-20(14)29(18)15-5-3-4-6-15)25-19-8-7-16(11-23-19)28-12-17(30)13-28/h7-11,15H,3-6,12-13H2,1-2H3,(H,23,24,25,26). The van der Waals surface area contributed by atoms with E-state index >= 15 is 0 Å². The van der Waals surface area contributed by atoms with Crippen LogP contribution >= 0.6 is 0 Å². The van der Waals surface area contributed by atoms with Crippen molar-refractivity contribution in [2.75, 3.05) is 37.4 Å². The number of hydrogen-bond acceptors (Lipinski definition) is 7. The highest BCUT2D eigenvalue weighted by molar-refractivity contribution is 5.98. The molecule has 0 unspecified atom stereocenters. The van der Waals surface area contributed by atoms with Gasteiger partial charge in [-0.05, 0) is 31.0 Å². The Balaban J connectivity index is 1.45. The molecule has 0 bridgehead atoms. The molecule has 1 saturated heterocycles. The molecule has 3 aromatic heterocycles. The quantitative estimate of drug-likeness (QED) is 0.679. The third-order valence-electron chi connectivity index (χ3n) is 5.98. The number of ketones is 1. The molecule has 0 aromatic carbocycles. The van der Waals surface area contributed by atoms with Crippen molar-refractivity contribution in [3.63, 3.8) is 0 Å². The smallest absolute Gasteiger partial charge is 0.270 e. The van der Waals surface area contributed by atoms with Crippen molar-refractivity contribution < 1.29 is 9.59 Å². The molecule has 1 N–H and O–H groups in total. The van der Waals surface area contributed by atoms with E-state index < -0.39 is 0 Å². The van der Waals surface area contributed by atoms with Gasteiger partial charge in [0.2, 0.25) is 5.95 Å². The van der Waals surface area contributed by atoms with E-state index in [2.05, 4.69) is 19.9 Å². The van der Waals surface area contributed by atoms with E-state index in [0.29, 0.717) is 30.5 Å². The van der Waals surface area contributed by atoms with E-state index in [-0.39, 0.29) is 17.7 Å². The summed E-state index contributed by atoms with van der Waals surface area (Å²) in [5.41, 5.74) is 2.35. The van der Waals surface area contributed by atoms with Gasteiger partial charge in [0.1, 0.15) is 17.2 Å². The van der Waals surface area contributed by atoms with Gasteiger partial charge in [-0.2, -0.15) is 4.98 Å². The molecule has 1 aliphatic carbocycles. The molecule has 4 heterocycles. The molecule has 9 heteroatoms. The van der Waals surface area contributed by atoms with Crippen molar-refractivity contribution in [2.24, 2.45) is 0 Å². The van der Waals surface area contributed by atoms with Crippen LogP contribution in [0.25, 0.3) is 11.0 Å². The normalized spacial score (nSPS) is 16.6. The van der Waals surface area contributed by atoms with E-state index in [1.807, 2.05) is 23.1 Å². The molecule has 2 fully saturated rings. The zero-order chi connectivity index (χ0) is 21.5. The first kappa shape index (κ1) is 19.5. The summed E-state index contributed by atoms with van der Waals surface area (Å²) in [6.07, 6.45) is 7.91. The van der Waals surface area contributed by atoms with Gasteiger partial charge >= 0.3 is 0 Å². The SMILES string of the molecule is CN(C)C(=O)c1cc2cnc(Nc3ccc(N4CC(=O)C4)cn3)nc2n1C1CCCC1. The zero-order valence-corrected chi connectivity index (χ0v) is 17.7. The van der Waals surface area contributed by atoms with Gasteiger partial charge in [-0.25, -0.2) is 9.97 Å². The molecule has 31 heavy (non-hydrogen) atoms. The van der Waals surface area contributed by atoms with Crippen molar-refractivity contribution >= 4 is 40.2 Å². The number of hydrogen-bond donors (Lipinski definition) is 1. The zero-order valence-electron chi connectivity index (χ0n) is 17.7. The number of carbonyl (C=O) groups is 2. The molecule has 9 nitrogen and oxygen atoms in total. The maximum absolute atomic E-state index is 12.8. The fraction of sp³-hybridized carbons (Fsp3) is 0.409. The lowest BCUT2D eigenvalue weighted by atomic mass is 10.2. The lowest BCUT2D eigenvalue weighted by Crippen LogP contribution is -2.47. The predicted octanol–water partition coefficient (Wildman–Crippen LogP) is 2.78. The molecule has 1 amide bonds. The Morgan fingerprint density at radius 1 is 1.13 bits per heavy atom. The fourth-order valence-electron chi connectivity index (χ4n) is 4.32. The number of rotatable bonds is 5. The summed E-state index contributed by atoms with van der Waals surface area (Å²) < 4.78 is 2.09. The Labute approximate surface area is 180 Å². The minimum Gasteiger partial charge on any atom is -0.355 e. The second-order valence-corrected chi connectivity index (χ2v) is 8.43. The monoisotopic (exact) mass is 419 g/mol.